The molecule has 2 aliphatic carbocycles. The molecular weight excluding hydrogens is 422 g/mol. The summed E-state index contributed by atoms with van der Waals surface area (Å²) >= 11 is 0. The van der Waals surface area contributed by atoms with Crippen molar-refractivity contribution in [2.75, 3.05) is 13.2 Å². The predicted molar refractivity (Wildman–Crippen MR) is 138 cm³/mol. The Morgan fingerprint density at radius 1 is 1.21 bits per heavy atom. The quantitative estimate of drug-likeness (QED) is 0.351. The van der Waals surface area contributed by atoms with Gasteiger partial charge in [-0.3, -0.25) is 0 Å². The molecule has 0 aromatic carbocycles. The summed E-state index contributed by atoms with van der Waals surface area (Å²) in [5, 5.41) is 21.4. The lowest BCUT2D eigenvalue weighted by molar-refractivity contribution is -0.226. The summed E-state index contributed by atoms with van der Waals surface area (Å²) in [6.45, 7) is 20.8. The predicted octanol–water partition coefficient (Wildman–Crippen LogP) is 7.80. The normalized spacial score (nSPS) is 34.4. The molecule has 4 heteroatoms. The molecule has 0 aromatic rings. The fourth-order valence-corrected chi connectivity index (χ4v) is 7.25. The van der Waals surface area contributed by atoms with Gasteiger partial charge in [-0.25, -0.2) is 0 Å². The maximum absolute atomic E-state index is 11.4. The minimum absolute atomic E-state index is 0.0349. The standard InChI is InChI=1S/C30H45NO3/c1-8-11-25-27(6,20-24(21-31)26(32)29(25,14-9-2)15-10-3)22(4)12-16-28(7)23(5)13-17-30(28)33-18-19-34-30/h9-11,22-23,32H,2-3,8,12-20H2,1,4-7H3/b25-11+/t22-,23-,27-,28+/m1/s1. The lowest BCUT2D eigenvalue weighted by Crippen LogP contribution is -2.47. The van der Waals surface area contributed by atoms with Gasteiger partial charge in [0.15, 0.2) is 5.79 Å². The van der Waals surface area contributed by atoms with Gasteiger partial charge in [-0.1, -0.05) is 58.4 Å². The summed E-state index contributed by atoms with van der Waals surface area (Å²) < 4.78 is 12.5. The molecule has 2 fully saturated rings. The SMILES string of the molecule is C=CCC1(CC=C)C(O)=C(C#N)C[C@](C)([C@H](C)CC[C@@]2(C)[C@H](C)CCC23OCCO3)/C1=C\CC. The highest BCUT2D eigenvalue weighted by atomic mass is 16.7. The van der Waals surface area contributed by atoms with E-state index in [1.165, 1.54) is 5.57 Å². The van der Waals surface area contributed by atoms with Gasteiger partial charge in [0.25, 0.3) is 0 Å². The number of ether oxygens (including phenoxy) is 2. The number of aliphatic hydroxyl groups excluding tert-OH is 1. The molecule has 0 unspecified atom stereocenters. The zero-order valence-corrected chi connectivity index (χ0v) is 22.1. The maximum atomic E-state index is 11.4. The van der Waals surface area contributed by atoms with Crippen molar-refractivity contribution in [1.82, 2.24) is 0 Å². The van der Waals surface area contributed by atoms with E-state index >= 15 is 0 Å². The number of aliphatic hydroxyl groups is 1. The van der Waals surface area contributed by atoms with Crippen molar-refractivity contribution < 1.29 is 14.6 Å². The Balaban J connectivity index is 1.99. The molecule has 1 aliphatic heterocycles. The Kier molecular flexibility index (Phi) is 7.90. The van der Waals surface area contributed by atoms with E-state index in [9.17, 15) is 10.4 Å². The monoisotopic (exact) mass is 467 g/mol. The van der Waals surface area contributed by atoms with Crippen molar-refractivity contribution >= 4 is 0 Å². The second-order valence-electron chi connectivity index (χ2n) is 11.4. The summed E-state index contributed by atoms with van der Waals surface area (Å²) in [5.41, 5.74) is 0.814. The number of nitriles is 1. The van der Waals surface area contributed by atoms with Gasteiger partial charge in [0.05, 0.1) is 30.3 Å². The number of hydrogen-bond donors (Lipinski definition) is 1. The van der Waals surface area contributed by atoms with Crippen LogP contribution in [0, 0.1) is 39.4 Å². The molecule has 0 radical (unpaired) electrons. The smallest absolute Gasteiger partial charge is 0.174 e. The number of allylic oxidation sites excluding steroid dienone is 5. The van der Waals surface area contributed by atoms with E-state index < -0.39 is 11.2 Å². The van der Waals surface area contributed by atoms with Crippen LogP contribution in [-0.4, -0.2) is 24.1 Å². The molecule has 1 saturated carbocycles. The molecule has 1 saturated heterocycles. The highest BCUT2D eigenvalue weighted by Gasteiger charge is 2.60. The summed E-state index contributed by atoms with van der Waals surface area (Å²) in [7, 11) is 0. The molecule has 4 nitrogen and oxygen atoms in total. The van der Waals surface area contributed by atoms with Crippen LogP contribution in [0.5, 0.6) is 0 Å². The minimum Gasteiger partial charge on any atom is -0.510 e. The first kappa shape index (κ1) is 26.8. The first-order valence-electron chi connectivity index (χ1n) is 13.1. The summed E-state index contributed by atoms with van der Waals surface area (Å²) in [6.07, 6.45) is 12.7. The average Bonchev–Trinajstić information content (AvgIpc) is 3.40. The van der Waals surface area contributed by atoms with Crippen molar-refractivity contribution in [3.63, 3.8) is 0 Å². The van der Waals surface area contributed by atoms with Crippen LogP contribution in [0.25, 0.3) is 0 Å². The van der Waals surface area contributed by atoms with E-state index in [1.807, 2.05) is 12.2 Å². The molecule has 0 aromatic heterocycles. The Labute approximate surface area is 207 Å². The number of nitrogens with zero attached hydrogens (tertiary/aromatic N) is 1. The van der Waals surface area contributed by atoms with Crippen LogP contribution >= 0.6 is 0 Å². The van der Waals surface area contributed by atoms with Crippen LogP contribution in [0.15, 0.2) is 48.3 Å². The first-order valence-corrected chi connectivity index (χ1v) is 13.1. The second kappa shape index (κ2) is 10.0. The fourth-order valence-electron chi connectivity index (χ4n) is 7.25. The van der Waals surface area contributed by atoms with E-state index in [0.717, 1.165) is 32.1 Å². The highest BCUT2D eigenvalue weighted by Crippen LogP contribution is 2.62. The molecular formula is C30H45NO3. The first-order chi connectivity index (χ1) is 16.1. The summed E-state index contributed by atoms with van der Waals surface area (Å²) in [6, 6.07) is 2.34. The third-order valence-electron chi connectivity index (χ3n) is 9.75. The van der Waals surface area contributed by atoms with Crippen molar-refractivity contribution in [3.05, 3.63) is 48.3 Å². The van der Waals surface area contributed by atoms with E-state index in [4.69, 9.17) is 9.47 Å². The van der Waals surface area contributed by atoms with Crippen LogP contribution < -0.4 is 0 Å². The molecule has 1 heterocycles. The van der Waals surface area contributed by atoms with Crippen molar-refractivity contribution in [3.8, 4) is 6.07 Å². The minimum atomic E-state index is -0.644. The van der Waals surface area contributed by atoms with Crippen LogP contribution in [-0.2, 0) is 9.47 Å². The van der Waals surface area contributed by atoms with Crippen LogP contribution in [0.4, 0.5) is 0 Å². The Morgan fingerprint density at radius 3 is 2.35 bits per heavy atom. The van der Waals surface area contributed by atoms with E-state index in [2.05, 4.69) is 59.9 Å². The van der Waals surface area contributed by atoms with Gasteiger partial charge >= 0.3 is 0 Å². The number of rotatable bonds is 9. The molecule has 188 valence electrons. The Bertz CT molecular complexity index is 877. The van der Waals surface area contributed by atoms with Gasteiger partial charge in [-0.2, -0.15) is 5.26 Å². The molecule has 0 amide bonds. The highest BCUT2D eigenvalue weighted by molar-refractivity contribution is 5.45. The topological polar surface area (TPSA) is 62.5 Å². The third kappa shape index (κ3) is 3.99. The maximum Gasteiger partial charge on any atom is 0.174 e. The fraction of sp³-hybridized carbons (Fsp3) is 0.700. The largest absolute Gasteiger partial charge is 0.510 e. The van der Waals surface area contributed by atoms with Crippen molar-refractivity contribution in [2.45, 2.75) is 91.8 Å². The lowest BCUT2D eigenvalue weighted by Gasteiger charge is -2.52. The average molecular weight is 468 g/mol. The van der Waals surface area contributed by atoms with Gasteiger partial charge in [0.1, 0.15) is 5.76 Å². The van der Waals surface area contributed by atoms with Gasteiger partial charge in [-0.05, 0) is 62.2 Å². The van der Waals surface area contributed by atoms with Gasteiger partial charge in [0.2, 0.25) is 0 Å². The lowest BCUT2D eigenvalue weighted by atomic mass is 9.52. The number of hydrogen-bond acceptors (Lipinski definition) is 4. The second-order valence-corrected chi connectivity index (χ2v) is 11.4. The Hall–Kier alpha value is -1.83. The molecule has 3 aliphatic rings. The van der Waals surface area contributed by atoms with Crippen LogP contribution in [0.1, 0.15) is 86.0 Å². The van der Waals surface area contributed by atoms with E-state index in [-0.39, 0.29) is 16.6 Å². The Morgan fingerprint density at radius 2 is 1.82 bits per heavy atom. The zero-order chi connectivity index (χ0) is 25.2. The summed E-state index contributed by atoms with van der Waals surface area (Å²) in [4.78, 5) is 0. The molecule has 4 atom stereocenters. The molecule has 34 heavy (non-hydrogen) atoms. The van der Waals surface area contributed by atoms with Crippen LogP contribution in [0.2, 0.25) is 0 Å². The van der Waals surface area contributed by atoms with Gasteiger partial charge in [0, 0.05) is 11.8 Å². The van der Waals surface area contributed by atoms with E-state index in [0.29, 0.717) is 49.9 Å². The van der Waals surface area contributed by atoms with Crippen LogP contribution in [0.3, 0.4) is 0 Å². The third-order valence-corrected chi connectivity index (χ3v) is 9.75. The zero-order valence-electron chi connectivity index (χ0n) is 22.1. The van der Waals surface area contributed by atoms with E-state index in [1.54, 1.807) is 0 Å². The molecule has 1 spiro atoms. The molecule has 0 bridgehead atoms. The summed E-state index contributed by atoms with van der Waals surface area (Å²) in [5.74, 6) is 0.593. The van der Waals surface area contributed by atoms with Gasteiger partial charge < -0.3 is 14.6 Å². The molecule has 1 N–H and O–H groups in total. The van der Waals surface area contributed by atoms with Crippen molar-refractivity contribution in [2.24, 2.45) is 28.1 Å². The van der Waals surface area contributed by atoms with Crippen molar-refractivity contribution in [1.29, 1.82) is 5.26 Å². The van der Waals surface area contributed by atoms with Gasteiger partial charge in [-0.15, -0.1) is 13.2 Å². The molecule has 3 rings (SSSR count).